The lowest BCUT2D eigenvalue weighted by molar-refractivity contribution is -0.385. The molecular formula is C23H22FN5O5. The summed E-state index contributed by atoms with van der Waals surface area (Å²) in [5, 5.41) is 11.6. The molecule has 34 heavy (non-hydrogen) atoms. The monoisotopic (exact) mass is 467 g/mol. The van der Waals surface area contributed by atoms with Crippen LogP contribution in [0.4, 0.5) is 15.9 Å². The van der Waals surface area contributed by atoms with Crippen molar-refractivity contribution >= 4 is 17.4 Å². The molecule has 0 unspecified atom stereocenters. The summed E-state index contributed by atoms with van der Waals surface area (Å²) >= 11 is 0. The number of aromatic nitrogens is 2. The minimum Gasteiger partial charge on any atom is -0.493 e. The Morgan fingerprint density at radius 2 is 1.65 bits per heavy atom. The predicted octanol–water partition coefficient (Wildman–Crippen LogP) is 3.17. The molecule has 0 aliphatic carbocycles. The first kappa shape index (κ1) is 22.9. The SMILES string of the molecule is COc1cc(C(=O)N2CCN(c3cc(-c4ccc(F)cc4)ncn3)CC2)c([N+](=O)[O-])cc1OC. The molecular weight excluding hydrogens is 445 g/mol. The van der Waals surface area contributed by atoms with Crippen LogP contribution < -0.4 is 14.4 Å². The molecule has 0 bridgehead atoms. The Balaban J connectivity index is 1.50. The Hall–Kier alpha value is -4.28. The van der Waals surface area contributed by atoms with Crippen molar-refractivity contribution in [2.75, 3.05) is 45.3 Å². The molecule has 1 amide bonds. The summed E-state index contributed by atoms with van der Waals surface area (Å²) in [6.07, 6.45) is 1.44. The zero-order chi connectivity index (χ0) is 24.2. The van der Waals surface area contributed by atoms with Crippen molar-refractivity contribution in [3.63, 3.8) is 0 Å². The first-order valence-electron chi connectivity index (χ1n) is 10.4. The summed E-state index contributed by atoms with van der Waals surface area (Å²) in [5.74, 6) is 0.315. The second-order valence-electron chi connectivity index (χ2n) is 7.53. The van der Waals surface area contributed by atoms with Crippen molar-refractivity contribution in [2.24, 2.45) is 0 Å². The number of nitro benzene ring substituents is 1. The van der Waals surface area contributed by atoms with Gasteiger partial charge in [-0.25, -0.2) is 14.4 Å². The van der Waals surface area contributed by atoms with Gasteiger partial charge in [-0.2, -0.15) is 0 Å². The number of amides is 1. The first-order chi connectivity index (χ1) is 16.4. The van der Waals surface area contributed by atoms with Crippen LogP contribution in [0.1, 0.15) is 10.4 Å². The standard InChI is InChI=1S/C23H22FN5O5/c1-33-20-11-17(19(29(31)32)13-21(20)34-2)23(30)28-9-7-27(8-10-28)22-12-18(25-14-26-22)15-3-5-16(24)6-4-15/h3-6,11-14H,7-10H2,1-2H3. The van der Waals surface area contributed by atoms with E-state index < -0.39 is 10.8 Å². The Morgan fingerprint density at radius 1 is 1.00 bits per heavy atom. The maximum atomic E-state index is 13.2. The number of nitrogens with zero attached hydrogens (tertiary/aromatic N) is 5. The number of ether oxygens (including phenoxy) is 2. The van der Waals surface area contributed by atoms with E-state index in [-0.39, 0.29) is 28.6 Å². The highest BCUT2D eigenvalue weighted by Crippen LogP contribution is 2.35. The van der Waals surface area contributed by atoms with E-state index in [0.717, 1.165) is 5.56 Å². The highest BCUT2D eigenvalue weighted by Gasteiger charge is 2.30. The number of piperazine rings is 1. The average Bonchev–Trinajstić information content (AvgIpc) is 2.88. The number of carbonyl (C=O) groups excluding carboxylic acids is 1. The van der Waals surface area contributed by atoms with E-state index in [0.29, 0.717) is 37.7 Å². The molecule has 11 heteroatoms. The number of anilines is 1. The number of nitro groups is 1. The van der Waals surface area contributed by atoms with Crippen LogP contribution in [0.15, 0.2) is 48.8 Å². The van der Waals surface area contributed by atoms with Gasteiger partial charge in [0.1, 0.15) is 23.5 Å². The summed E-state index contributed by atoms with van der Waals surface area (Å²) in [7, 11) is 2.77. The maximum Gasteiger partial charge on any atom is 0.286 e. The quantitative estimate of drug-likeness (QED) is 0.402. The van der Waals surface area contributed by atoms with Gasteiger partial charge in [-0.1, -0.05) is 0 Å². The molecule has 0 saturated carbocycles. The van der Waals surface area contributed by atoms with E-state index in [1.807, 2.05) is 11.0 Å². The van der Waals surface area contributed by atoms with E-state index in [1.165, 1.54) is 44.8 Å². The summed E-state index contributed by atoms with van der Waals surface area (Å²) in [5.41, 5.74) is 1.02. The third-order valence-corrected chi connectivity index (χ3v) is 5.61. The molecule has 0 N–H and O–H groups in total. The second kappa shape index (κ2) is 9.69. The van der Waals surface area contributed by atoms with Crippen molar-refractivity contribution in [1.82, 2.24) is 14.9 Å². The predicted molar refractivity (Wildman–Crippen MR) is 122 cm³/mol. The van der Waals surface area contributed by atoms with Crippen LogP contribution in [0, 0.1) is 15.9 Å². The lowest BCUT2D eigenvalue weighted by atomic mass is 10.1. The van der Waals surface area contributed by atoms with Gasteiger partial charge in [-0.05, 0) is 24.3 Å². The molecule has 3 aromatic rings. The van der Waals surface area contributed by atoms with Gasteiger partial charge in [0.25, 0.3) is 11.6 Å². The van der Waals surface area contributed by atoms with Crippen LogP contribution in [0.3, 0.4) is 0 Å². The summed E-state index contributed by atoms with van der Waals surface area (Å²) in [6, 6.07) is 10.4. The fourth-order valence-corrected chi connectivity index (χ4v) is 3.80. The van der Waals surface area contributed by atoms with Crippen LogP contribution in [0.2, 0.25) is 0 Å². The maximum absolute atomic E-state index is 13.2. The zero-order valence-corrected chi connectivity index (χ0v) is 18.6. The molecule has 2 aromatic carbocycles. The number of carbonyl (C=O) groups is 1. The van der Waals surface area contributed by atoms with Gasteiger partial charge in [0, 0.05) is 43.9 Å². The molecule has 10 nitrogen and oxygen atoms in total. The number of rotatable bonds is 6. The molecule has 1 aliphatic rings. The Bertz CT molecular complexity index is 1210. The van der Waals surface area contributed by atoms with Crippen molar-refractivity contribution in [2.45, 2.75) is 0 Å². The van der Waals surface area contributed by atoms with E-state index in [4.69, 9.17) is 9.47 Å². The molecule has 4 rings (SSSR count). The smallest absolute Gasteiger partial charge is 0.286 e. The van der Waals surface area contributed by atoms with Crippen molar-refractivity contribution in [1.29, 1.82) is 0 Å². The molecule has 1 aliphatic heterocycles. The van der Waals surface area contributed by atoms with Crippen molar-refractivity contribution in [3.05, 3.63) is 70.3 Å². The summed E-state index contributed by atoms with van der Waals surface area (Å²) in [4.78, 5) is 36.3. The zero-order valence-electron chi connectivity index (χ0n) is 18.6. The first-order valence-corrected chi connectivity index (χ1v) is 10.4. The fraction of sp³-hybridized carbons (Fsp3) is 0.261. The van der Waals surface area contributed by atoms with E-state index in [2.05, 4.69) is 9.97 Å². The van der Waals surface area contributed by atoms with Crippen LogP contribution in [0.5, 0.6) is 11.5 Å². The topological polar surface area (TPSA) is 111 Å². The van der Waals surface area contributed by atoms with Crippen LogP contribution in [0.25, 0.3) is 11.3 Å². The third kappa shape index (κ3) is 4.58. The molecule has 0 atom stereocenters. The summed E-state index contributed by atoms with van der Waals surface area (Å²) in [6.45, 7) is 1.65. The molecule has 0 radical (unpaired) electrons. The van der Waals surface area contributed by atoms with Crippen molar-refractivity contribution < 1.29 is 23.6 Å². The Labute approximate surface area is 194 Å². The average molecular weight is 467 g/mol. The second-order valence-corrected chi connectivity index (χ2v) is 7.53. The number of hydrogen-bond acceptors (Lipinski definition) is 8. The van der Waals surface area contributed by atoms with E-state index >= 15 is 0 Å². The highest BCUT2D eigenvalue weighted by molar-refractivity contribution is 5.99. The molecule has 2 heterocycles. The number of methoxy groups -OCH3 is 2. The minimum atomic E-state index is -0.608. The number of hydrogen-bond donors (Lipinski definition) is 0. The number of benzene rings is 2. The highest BCUT2D eigenvalue weighted by atomic mass is 19.1. The van der Waals surface area contributed by atoms with E-state index in [9.17, 15) is 19.3 Å². The fourth-order valence-electron chi connectivity index (χ4n) is 3.80. The van der Waals surface area contributed by atoms with Crippen LogP contribution >= 0.6 is 0 Å². The summed E-state index contributed by atoms with van der Waals surface area (Å²) < 4.78 is 23.6. The van der Waals surface area contributed by atoms with Gasteiger partial charge in [-0.15, -0.1) is 0 Å². The van der Waals surface area contributed by atoms with E-state index in [1.54, 1.807) is 17.0 Å². The van der Waals surface area contributed by atoms with Gasteiger partial charge in [-0.3, -0.25) is 14.9 Å². The largest absolute Gasteiger partial charge is 0.493 e. The van der Waals surface area contributed by atoms with Gasteiger partial charge in [0.15, 0.2) is 11.5 Å². The van der Waals surface area contributed by atoms with Gasteiger partial charge < -0.3 is 19.3 Å². The Morgan fingerprint density at radius 3 is 2.26 bits per heavy atom. The molecule has 1 saturated heterocycles. The van der Waals surface area contributed by atoms with Gasteiger partial charge >= 0.3 is 0 Å². The lowest BCUT2D eigenvalue weighted by Crippen LogP contribution is -2.49. The molecule has 0 spiro atoms. The molecule has 1 aromatic heterocycles. The van der Waals surface area contributed by atoms with Gasteiger partial charge in [0.05, 0.1) is 30.9 Å². The number of halogens is 1. The normalized spacial score (nSPS) is 13.5. The Kier molecular flexibility index (Phi) is 6.53. The third-order valence-electron chi connectivity index (χ3n) is 5.61. The van der Waals surface area contributed by atoms with Crippen molar-refractivity contribution in [3.8, 4) is 22.8 Å². The van der Waals surface area contributed by atoms with Gasteiger partial charge in [0.2, 0.25) is 0 Å². The molecule has 1 fully saturated rings. The molecule has 176 valence electrons. The van der Waals surface area contributed by atoms with Crippen LogP contribution in [-0.4, -0.2) is 66.1 Å². The lowest BCUT2D eigenvalue weighted by Gasteiger charge is -2.35. The minimum absolute atomic E-state index is 0.0586. The van der Waals surface area contributed by atoms with Crippen LogP contribution in [-0.2, 0) is 0 Å².